The molecule has 0 spiro atoms. The molecule has 0 saturated carbocycles. The third-order valence-corrected chi connectivity index (χ3v) is 2.96. The maximum absolute atomic E-state index is 11.8. The second-order valence-corrected chi connectivity index (χ2v) is 4.20. The van der Waals surface area contributed by atoms with Crippen molar-refractivity contribution in [3.63, 3.8) is 0 Å². The minimum atomic E-state index is -0.680. The molecular formula is C13H15N3O3. The smallest absolute Gasteiger partial charge is 0.265 e. The summed E-state index contributed by atoms with van der Waals surface area (Å²) in [5.41, 5.74) is 5.55. The Morgan fingerprint density at radius 3 is 2.58 bits per heavy atom. The molecule has 6 nitrogen and oxygen atoms in total. The molecule has 0 bridgehead atoms. The van der Waals surface area contributed by atoms with Crippen LogP contribution >= 0.6 is 0 Å². The van der Waals surface area contributed by atoms with Crippen LogP contribution in [0.1, 0.15) is 23.7 Å². The molecule has 100 valence electrons. The molecule has 3 amide bonds. The van der Waals surface area contributed by atoms with Crippen LogP contribution in [0.2, 0.25) is 0 Å². The highest BCUT2D eigenvalue weighted by molar-refractivity contribution is 6.05. The standard InChI is InChI=1S/C13H15N3O3/c1-2-16-11(17)8-10(13(16)19)14-15-12(18)9-6-4-3-5-7-9/h3-7,10,14H,2,8H2,1H3,(H,15,18)/t10-/m1/s1. The van der Waals surface area contributed by atoms with Gasteiger partial charge in [0.1, 0.15) is 6.04 Å². The molecule has 1 aromatic rings. The molecule has 1 atom stereocenters. The van der Waals surface area contributed by atoms with E-state index in [2.05, 4.69) is 10.9 Å². The van der Waals surface area contributed by atoms with Crippen molar-refractivity contribution in [3.8, 4) is 0 Å². The van der Waals surface area contributed by atoms with Crippen molar-refractivity contribution in [3.05, 3.63) is 35.9 Å². The highest BCUT2D eigenvalue weighted by Gasteiger charge is 2.37. The van der Waals surface area contributed by atoms with Crippen LogP contribution in [0.25, 0.3) is 0 Å². The third kappa shape index (κ3) is 2.79. The zero-order valence-electron chi connectivity index (χ0n) is 10.6. The summed E-state index contributed by atoms with van der Waals surface area (Å²) in [5, 5.41) is 0. The van der Waals surface area contributed by atoms with Crippen molar-refractivity contribution in [2.75, 3.05) is 6.54 Å². The molecule has 1 heterocycles. The Morgan fingerprint density at radius 2 is 2.00 bits per heavy atom. The minimum Gasteiger partial charge on any atom is -0.287 e. The highest BCUT2D eigenvalue weighted by atomic mass is 16.2. The van der Waals surface area contributed by atoms with E-state index in [0.717, 1.165) is 0 Å². The first-order valence-electron chi connectivity index (χ1n) is 6.08. The Balaban J connectivity index is 1.92. The molecule has 0 aromatic heterocycles. The second-order valence-electron chi connectivity index (χ2n) is 4.20. The number of nitrogens with one attached hydrogen (secondary N) is 2. The molecule has 2 rings (SSSR count). The van der Waals surface area contributed by atoms with Crippen LogP contribution in [0, 0.1) is 0 Å². The van der Waals surface area contributed by atoms with Crippen LogP contribution in [0.3, 0.4) is 0 Å². The first kappa shape index (κ1) is 13.2. The van der Waals surface area contributed by atoms with E-state index < -0.39 is 6.04 Å². The largest absolute Gasteiger partial charge is 0.287 e. The molecular weight excluding hydrogens is 246 g/mol. The molecule has 1 aliphatic heterocycles. The molecule has 2 N–H and O–H groups in total. The van der Waals surface area contributed by atoms with Gasteiger partial charge in [0.05, 0.1) is 6.42 Å². The van der Waals surface area contributed by atoms with Gasteiger partial charge >= 0.3 is 0 Å². The van der Waals surface area contributed by atoms with E-state index in [4.69, 9.17) is 0 Å². The Morgan fingerprint density at radius 1 is 1.32 bits per heavy atom. The number of rotatable bonds is 4. The summed E-state index contributed by atoms with van der Waals surface area (Å²) < 4.78 is 0. The number of amides is 3. The van der Waals surface area contributed by atoms with E-state index in [1.165, 1.54) is 4.90 Å². The Hall–Kier alpha value is -2.21. The van der Waals surface area contributed by atoms with Crippen molar-refractivity contribution in [1.82, 2.24) is 15.8 Å². The van der Waals surface area contributed by atoms with Gasteiger partial charge in [-0.25, -0.2) is 5.43 Å². The van der Waals surface area contributed by atoms with Gasteiger partial charge in [-0.05, 0) is 19.1 Å². The maximum atomic E-state index is 11.8. The molecule has 1 fully saturated rings. The van der Waals surface area contributed by atoms with Gasteiger partial charge in [0, 0.05) is 12.1 Å². The van der Waals surface area contributed by atoms with Crippen LogP contribution in [-0.4, -0.2) is 35.2 Å². The van der Waals surface area contributed by atoms with E-state index >= 15 is 0 Å². The van der Waals surface area contributed by atoms with Gasteiger partial charge in [-0.15, -0.1) is 0 Å². The summed E-state index contributed by atoms with van der Waals surface area (Å²) in [4.78, 5) is 36.2. The lowest BCUT2D eigenvalue weighted by atomic mass is 10.2. The average molecular weight is 261 g/mol. The van der Waals surface area contributed by atoms with E-state index in [1.54, 1.807) is 31.2 Å². The number of carbonyl (C=O) groups excluding carboxylic acids is 3. The topological polar surface area (TPSA) is 78.5 Å². The van der Waals surface area contributed by atoms with E-state index in [-0.39, 0.29) is 24.1 Å². The van der Waals surface area contributed by atoms with Gasteiger partial charge in [0.15, 0.2) is 0 Å². The molecule has 0 unspecified atom stereocenters. The lowest BCUT2D eigenvalue weighted by Gasteiger charge is -2.13. The van der Waals surface area contributed by atoms with E-state index in [0.29, 0.717) is 12.1 Å². The van der Waals surface area contributed by atoms with Crippen molar-refractivity contribution in [2.24, 2.45) is 0 Å². The summed E-state index contributed by atoms with van der Waals surface area (Å²) in [5.74, 6) is -0.865. The fourth-order valence-corrected chi connectivity index (χ4v) is 1.94. The Bertz CT molecular complexity index is 501. The SMILES string of the molecule is CCN1C(=O)C[C@@H](NNC(=O)c2ccccc2)C1=O. The average Bonchev–Trinajstić information content (AvgIpc) is 2.71. The fraction of sp³-hybridized carbons (Fsp3) is 0.308. The van der Waals surface area contributed by atoms with Gasteiger partial charge in [0.2, 0.25) is 11.8 Å². The molecule has 1 aromatic carbocycles. The molecule has 0 radical (unpaired) electrons. The van der Waals surface area contributed by atoms with E-state index in [1.807, 2.05) is 6.07 Å². The predicted octanol–water partition coefficient (Wildman–Crippen LogP) is 0.0684. The minimum absolute atomic E-state index is 0.0712. The van der Waals surface area contributed by atoms with Crippen LogP contribution in [0.5, 0.6) is 0 Å². The molecule has 6 heteroatoms. The number of likely N-dealkylation sites (tertiary alicyclic amines) is 1. The summed E-state index contributed by atoms with van der Waals surface area (Å²) in [6.45, 7) is 2.09. The summed E-state index contributed by atoms with van der Waals surface area (Å²) in [7, 11) is 0. The predicted molar refractivity (Wildman–Crippen MR) is 67.8 cm³/mol. The number of benzene rings is 1. The fourth-order valence-electron chi connectivity index (χ4n) is 1.94. The summed E-state index contributed by atoms with van der Waals surface area (Å²) in [6.07, 6.45) is 0.0712. The number of nitrogens with zero attached hydrogens (tertiary/aromatic N) is 1. The van der Waals surface area contributed by atoms with Gasteiger partial charge in [0.25, 0.3) is 5.91 Å². The first-order valence-corrected chi connectivity index (χ1v) is 6.08. The lowest BCUT2D eigenvalue weighted by Crippen LogP contribution is -2.48. The number of hydrazine groups is 1. The highest BCUT2D eigenvalue weighted by Crippen LogP contribution is 2.11. The molecule has 19 heavy (non-hydrogen) atoms. The number of hydrogen-bond donors (Lipinski definition) is 2. The molecule has 1 aliphatic rings. The van der Waals surface area contributed by atoms with Crippen molar-refractivity contribution < 1.29 is 14.4 Å². The number of likely N-dealkylation sites (N-methyl/N-ethyl adjacent to an activating group) is 1. The van der Waals surface area contributed by atoms with Gasteiger partial charge in [-0.2, -0.15) is 0 Å². The van der Waals surface area contributed by atoms with Crippen molar-refractivity contribution in [2.45, 2.75) is 19.4 Å². The number of imide groups is 1. The first-order chi connectivity index (χ1) is 9.13. The Labute approximate surface area is 110 Å². The van der Waals surface area contributed by atoms with Crippen LogP contribution < -0.4 is 10.9 Å². The third-order valence-electron chi connectivity index (χ3n) is 2.96. The van der Waals surface area contributed by atoms with Crippen molar-refractivity contribution in [1.29, 1.82) is 0 Å². The number of carbonyl (C=O) groups is 3. The summed E-state index contributed by atoms with van der Waals surface area (Å²) in [6, 6.07) is 7.95. The maximum Gasteiger partial charge on any atom is 0.265 e. The van der Waals surface area contributed by atoms with Gasteiger partial charge in [-0.3, -0.25) is 24.7 Å². The Kier molecular flexibility index (Phi) is 3.91. The van der Waals surface area contributed by atoms with Gasteiger partial charge in [-0.1, -0.05) is 18.2 Å². The zero-order valence-corrected chi connectivity index (χ0v) is 10.6. The number of hydrogen-bond acceptors (Lipinski definition) is 4. The van der Waals surface area contributed by atoms with Crippen LogP contribution in [0.15, 0.2) is 30.3 Å². The monoisotopic (exact) mass is 261 g/mol. The van der Waals surface area contributed by atoms with E-state index in [9.17, 15) is 14.4 Å². The normalized spacial score (nSPS) is 18.8. The quantitative estimate of drug-likeness (QED) is 0.594. The van der Waals surface area contributed by atoms with Crippen molar-refractivity contribution >= 4 is 17.7 Å². The second kappa shape index (κ2) is 5.62. The summed E-state index contributed by atoms with van der Waals surface area (Å²) >= 11 is 0. The van der Waals surface area contributed by atoms with Gasteiger partial charge < -0.3 is 0 Å². The van der Waals surface area contributed by atoms with Crippen LogP contribution in [-0.2, 0) is 9.59 Å². The zero-order chi connectivity index (χ0) is 13.8. The lowest BCUT2D eigenvalue weighted by molar-refractivity contribution is -0.138. The van der Waals surface area contributed by atoms with Crippen LogP contribution in [0.4, 0.5) is 0 Å². The molecule has 0 aliphatic carbocycles. The molecule has 1 saturated heterocycles.